The van der Waals surface area contributed by atoms with Crippen molar-refractivity contribution < 1.29 is 18.5 Å². The molecule has 1 saturated heterocycles. The number of pyridine rings is 1. The zero-order valence-electron chi connectivity index (χ0n) is 11.6. The van der Waals surface area contributed by atoms with Crippen molar-refractivity contribution in [2.24, 2.45) is 0 Å². The molecule has 2 heterocycles. The molecule has 2 rings (SSSR count). The summed E-state index contributed by atoms with van der Waals surface area (Å²) in [6, 6.07) is 2.91. The van der Waals surface area contributed by atoms with Crippen LogP contribution in [0.15, 0.2) is 12.1 Å². The summed E-state index contributed by atoms with van der Waals surface area (Å²) in [6.07, 6.45) is 0.764. The fourth-order valence-corrected chi connectivity index (χ4v) is 1.88. The van der Waals surface area contributed by atoms with Crippen molar-refractivity contribution in [1.29, 1.82) is 0 Å². The van der Waals surface area contributed by atoms with Gasteiger partial charge in [0, 0.05) is 6.42 Å². The minimum Gasteiger partial charge on any atom is -0.399 e. The van der Waals surface area contributed by atoms with Crippen molar-refractivity contribution in [2.75, 3.05) is 0 Å². The number of rotatable bonds is 3. The van der Waals surface area contributed by atoms with Gasteiger partial charge in [-0.3, -0.25) is 0 Å². The van der Waals surface area contributed by atoms with E-state index in [0.717, 1.165) is 0 Å². The third-order valence-corrected chi connectivity index (χ3v) is 3.69. The van der Waals surface area contributed by atoms with E-state index in [1.165, 1.54) is 6.07 Å². The minimum absolute atomic E-state index is 0.0737. The van der Waals surface area contributed by atoms with Crippen LogP contribution in [0, 0.1) is 5.95 Å². The Kier molecular flexibility index (Phi) is 3.49. The number of halogens is 1. The molecule has 0 unspecified atom stereocenters. The van der Waals surface area contributed by atoms with Gasteiger partial charge < -0.3 is 14.1 Å². The molecular weight excluding hydrogens is 248 g/mol. The SMILES string of the molecule is CC1(C)OB(c2cc(F)nc(CC=O)c2)OC1(C)C. The molecule has 1 aromatic heterocycles. The van der Waals surface area contributed by atoms with Gasteiger partial charge in [-0.25, -0.2) is 4.98 Å². The minimum atomic E-state index is -0.645. The van der Waals surface area contributed by atoms with Gasteiger partial charge in [-0.05, 0) is 45.3 Å². The van der Waals surface area contributed by atoms with Crippen molar-refractivity contribution >= 4 is 18.9 Å². The Bertz CT molecular complexity index is 489. The number of aromatic nitrogens is 1. The average molecular weight is 265 g/mol. The molecule has 0 saturated carbocycles. The third-order valence-electron chi connectivity index (χ3n) is 3.69. The number of hydrogen-bond acceptors (Lipinski definition) is 4. The highest BCUT2D eigenvalue weighted by Gasteiger charge is 2.51. The Labute approximate surface area is 112 Å². The van der Waals surface area contributed by atoms with Crippen LogP contribution < -0.4 is 5.46 Å². The molecular formula is C13H17BFNO3. The summed E-state index contributed by atoms with van der Waals surface area (Å²) >= 11 is 0. The normalized spacial score (nSPS) is 20.6. The predicted octanol–water partition coefficient (Wildman–Crippen LogP) is 1.26. The van der Waals surface area contributed by atoms with E-state index in [9.17, 15) is 9.18 Å². The predicted molar refractivity (Wildman–Crippen MR) is 69.7 cm³/mol. The highest BCUT2D eigenvalue weighted by atomic mass is 19.1. The summed E-state index contributed by atoms with van der Waals surface area (Å²) in [7, 11) is -0.645. The second-order valence-electron chi connectivity index (χ2n) is 5.67. The highest BCUT2D eigenvalue weighted by molar-refractivity contribution is 6.62. The Morgan fingerprint density at radius 3 is 2.37 bits per heavy atom. The van der Waals surface area contributed by atoms with Gasteiger partial charge in [0.25, 0.3) is 0 Å². The van der Waals surface area contributed by atoms with Crippen LogP contribution >= 0.6 is 0 Å². The maximum absolute atomic E-state index is 13.5. The van der Waals surface area contributed by atoms with Crippen molar-refractivity contribution in [2.45, 2.75) is 45.3 Å². The zero-order valence-corrected chi connectivity index (χ0v) is 11.6. The first-order chi connectivity index (χ1) is 8.75. The Morgan fingerprint density at radius 2 is 1.84 bits per heavy atom. The van der Waals surface area contributed by atoms with Gasteiger partial charge in [0.2, 0.25) is 5.95 Å². The Hall–Kier alpha value is -1.27. The molecule has 19 heavy (non-hydrogen) atoms. The van der Waals surface area contributed by atoms with Crippen LogP contribution in [-0.4, -0.2) is 29.6 Å². The van der Waals surface area contributed by atoms with E-state index in [2.05, 4.69) is 4.98 Å². The lowest BCUT2D eigenvalue weighted by atomic mass is 9.79. The lowest BCUT2D eigenvalue weighted by molar-refractivity contribution is -0.107. The van der Waals surface area contributed by atoms with Crippen LogP contribution in [-0.2, 0) is 20.5 Å². The summed E-state index contributed by atoms with van der Waals surface area (Å²) < 4.78 is 25.1. The van der Waals surface area contributed by atoms with E-state index in [1.807, 2.05) is 27.7 Å². The van der Waals surface area contributed by atoms with Gasteiger partial charge in [-0.1, -0.05) is 0 Å². The summed E-state index contributed by atoms with van der Waals surface area (Å²) in [5.74, 6) is -0.635. The van der Waals surface area contributed by atoms with Crippen LogP contribution in [0.1, 0.15) is 33.4 Å². The molecule has 6 heteroatoms. The van der Waals surface area contributed by atoms with E-state index in [-0.39, 0.29) is 6.42 Å². The maximum atomic E-state index is 13.5. The number of nitrogens with zero attached hydrogens (tertiary/aromatic N) is 1. The molecule has 0 amide bonds. The molecule has 1 aliphatic heterocycles. The number of aldehydes is 1. The first-order valence-corrected chi connectivity index (χ1v) is 6.21. The fourth-order valence-electron chi connectivity index (χ4n) is 1.88. The standard InChI is InChI=1S/C13H17BFNO3/c1-12(2)13(3,4)19-14(18-12)9-7-10(5-6-17)16-11(15)8-9/h6-8H,5H2,1-4H3. The second kappa shape index (κ2) is 4.69. The molecule has 0 atom stereocenters. The van der Waals surface area contributed by atoms with Gasteiger partial charge >= 0.3 is 7.12 Å². The van der Waals surface area contributed by atoms with Crippen LogP contribution in [0.4, 0.5) is 4.39 Å². The lowest BCUT2D eigenvalue weighted by Gasteiger charge is -2.32. The molecule has 1 fully saturated rings. The molecule has 0 spiro atoms. The Morgan fingerprint density at radius 1 is 1.26 bits per heavy atom. The van der Waals surface area contributed by atoms with Crippen molar-refractivity contribution in [3.05, 3.63) is 23.8 Å². The van der Waals surface area contributed by atoms with Gasteiger partial charge in [0.1, 0.15) is 6.29 Å². The quantitative estimate of drug-likeness (QED) is 0.469. The summed E-state index contributed by atoms with van der Waals surface area (Å²) in [5.41, 5.74) is -0.0486. The summed E-state index contributed by atoms with van der Waals surface area (Å²) in [5, 5.41) is 0. The summed E-state index contributed by atoms with van der Waals surface area (Å²) in [6.45, 7) is 7.71. The van der Waals surface area contributed by atoms with Gasteiger partial charge in [-0.2, -0.15) is 4.39 Å². The van der Waals surface area contributed by atoms with Gasteiger partial charge in [0.15, 0.2) is 0 Å². The highest BCUT2D eigenvalue weighted by Crippen LogP contribution is 2.36. The molecule has 102 valence electrons. The van der Waals surface area contributed by atoms with E-state index >= 15 is 0 Å². The van der Waals surface area contributed by atoms with Crippen molar-refractivity contribution in [1.82, 2.24) is 4.98 Å². The number of carbonyl (C=O) groups is 1. The van der Waals surface area contributed by atoms with Crippen molar-refractivity contribution in [3.8, 4) is 0 Å². The number of hydrogen-bond donors (Lipinski definition) is 0. The lowest BCUT2D eigenvalue weighted by Crippen LogP contribution is -2.41. The topological polar surface area (TPSA) is 48.4 Å². The molecule has 0 radical (unpaired) electrons. The third kappa shape index (κ3) is 2.69. The first-order valence-electron chi connectivity index (χ1n) is 6.21. The Balaban J connectivity index is 2.31. The van der Waals surface area contributed by atoms with E-state index in [4.69, 9.17) is 9.31 Å². The molecule has 0 N–H and O–H groups in total. The average Bonchev–Trinajstić information content (AvgIpc) is 2.48. The van der Waals surface area contributed by atoms with Crippen LogP contribution in [0.25, 0.3) is 0 Å². The van der Waals surface area contributed by atoms with Crippen LogP contribution in [0.5, 0.6) is 0 Å². The molecule has 0 aliphatic carbocycles. The second-order valence-corrected chi connectivity index (χ2v) is 5.67. The smallest absolute Gasteiger partial charge is 0.399 e. The molecule has 4 nitrogen and oxygen atoms in total. The molecule has 1 aliphatic rings. The maximum Gasteiger partial charge on any atom is 0.495 e. The first kappa shape index (κ1) is 14.2. The van der Waals surface area contributed by atoms with Gasteiger partial charge in [-0.15, -0.1) is 0 Å². The fraction of sp³-hybridized carbons (Fsp3) is 0.538. The monoisotopic (exact) mass is 265 g/mol. The van der Waals surface area contributed by atoms with E-state index < -0.39 is 24.3 Å². The van der Waals surface area contributed by atoms with E-state index in [1.54, 1.807) is 6.07 Å². The number of carbonyl (C=O) groups excluding carboxylic acids is 1. The van der Waals surface area contributed by atoms with Crippen LogP contribution in [0.2, 0.25) is 0 Å². The van der Waals surface area contributed by atoms with Crippen LogP contribution in [0.3, 0.4) is 0 Å². The largest absolute Gasteiger partial charge is 0.495 e. The molecule has 1 aromatic rings. The van der Waals surface area contributed by atoms with E-state index in [0.29, 0.717) is 17.4 Å². The molecule has 0 aromatic carbocycles. The summed E-state index contributed by atoms with van der Waals surface area (Å²) in [4.78, 5) is 14.2. The van der Waals surface area contributed by atoms with Gasteiger partial charge in [0.05, 0.1) is 16.9 Å². The van der Waals surface area contributed by atoms with Crippen molar-refractivity contribution in [3.63, 3.8) is 0 Å². The molecule has 0 bridgehead atoms. The zero-order chi connectivity index (χ0) is 14.3.